The molecule has 94 valence electrons. The molecule has 1 saturated heterocycles. The Morgan fingerprint density at radius 3 is 3.00 bits per heavy atom. The van der Waals surface area contributed by atoms with E-state index < -0.39 is 0 Å². The maximum atomic E-state index is 5.96. The SMILES string of the molecule is CNc1nc2n(n1)C(C1CCC(C)O1)CCN2. The van der Waals surface area contributed by atoms with Crippen molar-refractivity contribution in [2.75, 3.05) is 24.2 Å². The van der Waals surface area contributed by atoms with Gasteiger partial charge in [0.25, 0.3) is 0 Å². The summed E-state index contributed by atoms with van der Waals surface area (Å²) in [6, 6.07) is 0.325. The number of hydrogen-bond acceptors (Lipinski definition) is 5. The molecule has 3 heterocycles. The van der Waals surface area contributed by atoms with Gasteiger partial charge in [0.15, 0.2) is 0 Å². The largest absolute Gasteiger partial charge is 0.373 e. The number of fused-ring (bicyclic) bond motifs is 1. The molecule has 0 aliphatic carbocycles. The van der Waals surface area contributed by atoms with E-state index >= 15 is 0 Å². The Balaban J connectivity index is 1.85. The number of hydrogen-bond donors (Lipinski definition) is 2. The third kappa shape index (κ3) is 1.86. The normalized spacial score (nSPS) is 32.0. The zero-order valence-electron chi connectivity index (χ0n) is 10.3. The van der Waals surface area contributed by atoms with Gasteiger partial charge in [-0.3, -0.25) is 0 Å². The number of ether oxygens (including phenoxy) is 1. The van der Waals surface area contributed by atoms with Crippen molar-refractivity contribution >= 4 is 11.9 Å². The molecule has 2 aliphatic heterocycles. The molecule has 0 radical (unpaired) electrons. The van der Waals surface area contributed by atoms with E-state index in [2.05, 4.69) is 27.6 Å². The lowest BCUT2D eigenvalue weighted by molar-refractivity contribution is 0.0173. The molecule has 0 aromatic carbocycles. The lowest BCUT2D eigenvalue weighted by Crippen LogP contribution is -2.32. The van der Waals surface area contributed by atoms with E-state index in [0.717, 1.165) is 31.8 Å². The Kier molecular flexibility index (Phi) is 2.66. The first kappa shape index (κ1) is 10.8. The van der Waals surface area contributed by atoms with Crippen molar-refractivity contribution in [1.29, 1.82) is 0 Å². The van der Waals surface area contributed by atoms with E-state index in [-0.39, 0.29) is 6.10 Å². The van der Waals surface area contributed by atoms with Crippen LogP contribution in [0.4, 0.5) is 11.9 Å². The average molecular weight is 237 g/mol. The van der Waals surface area contributed by atoms with Crippen LogP contribution in [0.2, 0.25) is 0 Å². The summed E-state index contributed by atoms with van der Waals surface area (Å²) in [7, 11) is 1.84. The van der Waals surface area contributed by atoms with Crippen molar-refractivity contribution in [2.24, 2.45) is 0 Å². The van der Waals surface area contributed by atoms with Gasteiger partial charge in [0, 0.05) is 13.6 Å². The molecule has 2 N–H and O–H groups in total. The first-order valence-electron chi connectivity index (χ1n) is 6.31. The van der Waals surface area contributed by atoms with Crippen LogP contribution < -0.4 is 10.6 Å². The lowest BCUT2D eigenvalue weighted by atomic mass is 10.0. The molecule has 2 aliphatic rings. The monoisotopic (exact) mass is 237 g/mol. The molecule has 0 spiro atoms. The maximum Gasteiger partial charge on any atom is 0.243 e. The molecule has 0 amide bonds. The number of rotatable bonds is 2. The molecule has 3 rings (SSSR count). The van der Waals surface area contributed by atoms with E-state index in [9.17, 15) is 0 Å². The molecule has 0 saturated carbocycles. The number of nitrogens with one attached hydrogen (secondary N) is 2. The van der Waals surface area contributed by atoms with Crippen LogP contribution in [0.25, 0.3) is 0 Å². The lowest BCUT2D eigenvalue weighted by Gasteiger charge is -2.28. The average Bonchev–Trinajstić information content (AvgIpc) is 2.93. The van der Waals surface area contributed by atoms with Crippen molar-refractivity contribution in [3.8, 4) is 0 Å². The predicted octanol–water partition coefficient (Wildman–Crippen LogP) is 1.24. The fourth-order valence-corrected chi connectivity index (χ4v) is 2.70. The van der Waals surface area contributed by atoms with Crippen molar-refractivity contribution in [2.45, 2.75) is 44.4 Å². The second-order valence-corrected chi connectivity index (χ2v) is 4.80. The van der Waals surface area contributed by atoms with E-state index in [1.165, 1.54) is 0 Å². The van der Waals surface area contributed by atoms with Crippen LogP contribution in [0.15, 0.2) is 0 Å². The van der Waals surface area contributed by atoms with Crippen LogP contribution in [-0.4, -0.2) is 40.6 Å². The van der Waals surface area contributed by atoms with Crippen LogP contribution in [0, 0.1) is 0 Å². The van der Waals surface area contributed by atoms with Crippen molar-refractivity contribution in [3.05, 3.63) is 0 Å². The maximum absolute atomic E-state index is 5.96. The Hall–Kier alpha value is -1.30. The quantitative estimate of drug-likeness (QED) is 0.810. The Labute approximate surface area is 101 Å². The van der Waals surface area contributed by atoms with E-state index in [1.807, 2.05) is 11.7 Å². The summed E-state index contributed by atoms with van der Waals surface area (Å²) in [5.41, 5.74) is 0. The van der Waals surface area contributed by atoms with Gasteiger partial charge in [0.2, 0.25) is 11.9 Å². The summed E-state index contributed by atoms with van der Waals surface area (Å²) in [4.78, 5) is 4.38. The van der Waals surface area contributed by atoms with Crippen molar-refractivity contribution in [1.82, 2.24) is 14.8 Å². The van der Waals surface area contributed by atoms with Gasteiger partial charge in [-0.1, -0.05) is 0 Å². The van der Waals surface area contributed by atoms with Gasteiger partial charge < -0.3 is 15.4 Å². The molecule has 17 heavy (non-hydrogen) atoms. The Bertz CT molecular complexity index is 405. The number of anilines is 2. The van der Waals surface area contributed by atoms with Crippen molar-refractivity contribution in [3.63, 3.8) is 0 Å². The summed E-state index contributed by atoms with van der Waals surface area (Å²) >= 11 is 0. The summed E-state index contributed by atoms with van der Waals surface area (Å²) < 4.78 is 7.95. The molecule has 6 nitrogen and oxygen atoms in total. The molecular weight excluding hydrogens is 218 g/mol. The van der Waals surface area contributed by atoms with Crippen molar-refractivity contribution < 1.29 is 4.74 Å². The second kappa shape index (κ2) is 4.18. The van der Waals surface area contributed by atoms with Crippen LogP contribution in [-0.2, 0) is 4.74 Å². The molecule has 1 aromatic heterocycles. The highest BCUT2D eigenvalue weighted by molar-refractivity contribution is 5.36. The Morgan fingerprint density at radius 2 is 2.29 bits per heavy atom. The fourth-order valence-electron chi connectivity index (χ4n) is 2.70. The van der Waals surface area contributed by atoms with Gasteiger partial charge in [-0.05, 0) is 26.2 Å². The van der Waals surface area contributed by atoms with E-state index in [0.29, 0.717) is 18.1 Å². The van der Waals surface area contributed by atoms with Gasteiger partial charge in [0.1, 0.15) is 0 Å². The minimum absolute atomic E-state index is 0.289. The van der Waals surface area contributed by atoms with Crippen LogP contribution in [0.3, 0.4) is 0 Å². The summed E-state index contributed by atoms with van der Waals surface area (Å²) in [5, 5.41) is 10.7. The fraction of sp³-hybridized carbons (Fsp3) is 0.818. The number of nitrogens with zero attached hydrogens (tertiary/aromatic N) is 3. The highest BCUT2D eigenvalue weighted by Gasteiger charge is 2.34. The third-order valence-electron chi connectivity index (χ3n) is 3.59. The topological polar surface area (TPSA) is 64.0 Å². The predicted molar refractivity (Wildman–Crippen MR) is 65.3 cm³/mol. The van der Waals surface area contributed by atoms with E-state index in [1.54, 1.807) is 0 Å². The van der Waals surface area contributed by atoms with Crippen LogP contribution >= 0.6 is 0 Å². The zero-order chi connectivity index (χ0) is 11.8. The van der Waals surface area contributed by atoms with Gasteiger partial charge >= 0.3 is 0 Å². The zero-order valence-corrected chi connectivity index (χ0v) is 10.3. The highest BCUT2D eigenvalue weighted by atomic mass is 16.5. The molecule has 3 unspecified atom stereocenters. The molecule has 0 bridgehead atoms. The van der Waals surface area contributed by atoms with Crippen LogP contribution in [0.1, 0.15) is 32.2 Å². The molecule has 6 heteroatoms. The second-order valence-electron chi connectivity index (χ2n) is 4.80. The highest BCUT2D eigenvalue weighted by Crippen LogP contribution is 2.34. The summed E-state index contributed by atoms with van der Waals surface area (Å²) in [5.74, 6) is 1.53. The van der Waals surface area contributed by atoms with E-state index in [4.69, 9.17) is 4.74 Å². The number of aromatic nitrogens is 3. The van der Waals surface area contributed by atoms with Gasteiger partial charge in [-0.2, -0.15) is 4.98 Å². The summed E-state index contributed by atoms with van der Waals surface area (Å²) in [6.07, 6.45) is 4.00. The molecular formula is C11H19N5O. The molecule has 1 fully saturated rings. The third-order valence-corrected chi connectivity index (χ3v) is 3.59. The van der Waals surface area contributed by atoms with Gasteiger partial charge in [0.05, 0.1) is 18.2 Å². The molecule has 3 atom stereocenters. The first-order valence-corrected chi connectivity index (χ1v) is 6.31. The summed E-state index contributed by atoms with van der Waals surface area (Å²) in [6.45, 7) is 3.09. The first-order chi connectivity index (χ1) is 8.28. The smallest absolute Gasteiger partial charge is 0.243 e. The molecule has 1 aromatic rings. The van der Waals surface area contributed by atoms with Gasteiger partial charge in [-0.25, -0.2) is 4.68 Å². The van der Waals surface area contributed by atoms with Crippen LogP contribution in [0.5, 0.6) is 0 Å². The minimum Gasteiger partial charge on any atom is -0.373 e. The standard InChI is InChI=1S/C11H19N5O/c1-7-3-4-9(17-7)8-5-6-13-11-14-10(12-2)15-16(8)11/h7-9H,3-6H2,1-2H3,(H2,12,13,14,15). The van der Waals surface area contributed by atoms with Gasteiger partial charge in [-0.15, -0.1) is 5.10 Å². The minimum atomic E-state index is 0.289. The Morgan fingerprint density at radius 1 is 1.41 bits per heavy atom.